The molecule has 1 aliphatic rings. The average molecular weight is 307 g/mol. The number of aromatic nitrogens is 2. The first-order valence-corrected chi connectivity index (χ1v) is 8.16. The summed E-state index contributed by atoms with van der Waals surface area (Å²) in [6, 6.07) is 4.11. The zero-order chi connectivity index (χ0) is 14.7. The van der Waals surface area contributed by atoms with Crippen LogP contribution in [0.15, 0.2) is 16.5 Å². The fraction of sp³-hybridized carbons (Fsp3) is 0.600. The molecule has 1 atom stereocenters. The van der Waals surface area contributed by atoms with E-state index >= 15 is 0 Å². The summed E-state index contributed by atoms with van der Waals surface area (Å²) in [5, 5.41) is 4.04. The molecule has 0 spiro atoms. The molecule has 3 rings (SSSR count). The van der Waals surface area contributed by atoms with Crippen molar-refractivity contribution in [2.45, 2.75) is 45.4 Å². The molecule has 0 bridgehead atoms. The molecule has 1 saturated heterocycles. The zero-order valence-electron chi connectivity index (χ0n) is 12.5. The van der Waals surface area contributed by atoms with Gasteiger partial charge in [0.25, 0.3) is 0 Å². The van der Waals surface area contributed by atoms with Crippen LogP contribution in [0.5, 0.6) is 0 Å². The van der Waals surface area contributed by atoms with Crippen LogP contribution >= 0.6 is 11.5 Å². The minimum atomic E-state index is 0.144. The normalized spacial score (nSPS) is 19.3. The average Bonchev–Trinajstić information content (AvgIpc) is 3.10. The van der Waals surface area contributed by atoms with Crippen LogP contribution in [0.2, 0.25) is 0 Å². The number of aryl methyl sites for hydroxylation is 1. The fourth-order valence-corrected chi connectivity index (χ4v) is 3.29. The van der Waals surface area contributed by atoms with Crippen LogP contribution in [0.25, 0.3) is 0 Å². The highest BCUT2D eigenvalue weighted by molar-refractivity contribution is 7.05. The van der Waals surface area contributed by atoms with Gasteiger partial charge in [-0.1, -0.05) is 4.49 Å². The summed E-state index contributed by atoms with van der Waals surface area (Å²) in [4.78, 5) is 3.42. The topological polar surface area (TPSA) is 51.4 Å². The van der Waals surface area contributed by atoms with E-state index in [0.29, 0.717) is 0 Å². The van der Waals surface area contributed by atoms with E-state index in [1.807, 2.05) is 6.92 Å². The van der Waals surface area contributed by atoms with Gasteiger partial charge in [-0.15, -0.1) is 5.10 Å². The van der Waals surface area contributed by atoms with Crippen LogP contribution in [-0.2, 0) is 17.8 Å². The van der Waals surface area contributed by atoms with Gasteiger partial charge in [0.15, 0.2) is 0 Å². The predicted octanol–water partition coefficient (Wildman–Crippen LogP) is 3.31. The van der Waals surface area contributed by atoms with E-state index in [1.54, 1.807) is 0 Å². The highest BCUT2D eigenvalue weighted by Gasteiger charge is 2.19. The highest BCUT2D eigenvalue weighted by atomic mass is 32.1. The van der Waals surface area contributed by atoms with Crippen molar-refractivity contribution in [3.05, 3.63) is 34.2 Å². The van der Waals surface area contributed by atoms with Crippen molar-refractivity contribution < 1.29 is 9.15 Å². The first kappa shape index (κ1) is 14.7. The third kappa shape index (κ3) is 3.70. The molecule has 21 heavy (non-hydrogen) atoms. The third-order valence-electron chi connectivity index (χ3n) is 3.76. The molecule has 0 amide bonds. The van der Waals surface area contributed by atoms with Crippen molar-refractivity contribution in [2.24, 2.45) is 0 Å². The largest absolute Gasteiger partial charge is 0.462 e. The van der Waals surface area contributed by atoms with Crippen molar-refractivity contribution >= 4 is 11.5 Å². The van der Waals surface area contributed by atoms with Crippen molar-refractivity contribution in [1.82, 2.24) is 14.5 Å². The molecule has 0 aromatic carbocycles. The lowest BCUT2D eigenvalue weighted by atomic mass is 10.1. The van der Waals surface area contributed by atoms with Crippen molar-refractivity contribution in [3.8, 4) is 0 Å². The number of nitrogens with zero attached hydrogens (tertiary/aromatic N) is 3. The van der Waals surface area contributed by atoms with Gasteiger partial charge < -0.3 is 9.15 Å². The second-order valence-electron chi connectivity index (χ2n) is 5.61. The fourth-order valence-electron chi connectivity index (χ4n) is 2.58. The van der Waals surface area contributed by atoms with Crippen molar-refractivity contribution in [2.75, 3.05) is 13.7 Å². The van der Waals surface area contributed by atoms with Crippen molar-refractivity contribution in [3.63, 3.8) is 0 Å². The van der Waals surface area contributed by atoms with E-state index in [0.717, 1.165) is 49.8 Å². The number of rotatable bonds is 5. The zero-order valence-corrected chi connectivity index (χ0v) is 13.4. The minimum Gasteiger partial charge on any atom is -0.462 e. The third-order valence-corrected chi connectivity index (χ3v) is 4.57. The summed E-state index contributed by atoms with van der Waals surface area (Å²) < 4.78 is 15.7. The summed E-state index contributed by atoms with van der Waals surface area (Å²) in [7, 11) is 2.08. The van der Waals surface area contributed by atoms with E-state index in [-0.39, 0.29) is 6.10 Å². The molecule has 5 nitrogen and oxygen atoms in total. The Labute approximate surface area is 129 Å². The number of hydrogen-bond donors (Lipinski definition) is 0. The van der Waals surface area contributed by atoms with Gasteiger partial charge in [-0.25, -0.2) is 0 Å². The molecule has 1 fully saturated rings. The lowest BCUT2D eigenvalue weighted by Gasteiger charge is -2.20. The van der Waals surface area contributed by atoms with Gasteiger partial charge in [0.2, 0.25) is 0 Å². The smallest absolute Gasteiger partial charge is 0.133 e. The summed E-state index contributed by atoms with van der Waals surface area (Å²) in [5.41, 5.74) is 1.02. The molecule has 0 radical (unpaired) electrons. The standard InChI is InChI=1S/C15H21N3O2S/c1-11-15(21-17-16-11)10-18(2)9-12-6-7-14(20-12)13-5-3-4-8-19-13/h6-7,13H,3-5,8-10H2,1-2H3/t13-/m0/s1. The summed E-state index contributed by atoms with van der Waals surface area (Å²) in [6.45, 7) is 4.47. The quantitative estimate of drug-likeness (QED) is 0.848. The summed E-state index contributed by atoms with van der Waals surface area (Å²) >= 11 is 1.46. The van der Waals surface area contributed by atoms with Gasteiger partial charge in [-0.3, -0.25) is 4.90 Å². The molecular weight excluding hydrogens is 286 g/mol. The van der Waals surface area contributed by atoms with Gasteiger partial charge in [0.1, 0.15) is 17.6 Å². The van der Waals surface area contributed by atoms with E-state index in [9.17, 15) is 0 Å². The van der Waals surface area contributed by atoms with Crippen molar-refractivity contribution in [1.29, 1.82) is 0 Å². The van der Waals surface area contributed by atoms with E-state index < -0.39 is 0 Å². The highest BCUT2D eigenvalue weighted by Crippen LogP contribution is 2.29. The molecule has 3 heterocycles. The van der Waals surface area contributed by atoms with Gasteiger partial charge >= 0.3 is 0 Å². The molecule has 114 valence electrons. The van der Waals surface area contributed by atoms with Gasteiger partial charge in [0, 0.05) is 13.2 Å². The Morgan fingerprint density at radius 2 is 2.24 bits per heavy atom. The number of furan rings is 1. The maximum absolute atomic E-state index is 5.95. The Balaban J connectivity index is 1.57. The molecule has 0 aliphatic carbocycles. The molecule has 6 heteroatoms. The van der Waals surface area contributed by atoms with Crippen LogP contribution in [0.1, 0.15) is 47.5 Å². The second kappa shape index (κ2) is 6.68. The van der Waals surface area contributed by atoms with Crippen LogP contribution < -0.4 is 0 Å². The minimum absolute atomic E-state index is 0.144. The lowest BCUT2D eigenvalue weighted by Crippen LogP contribution is -2.16. The number of ether oxygens (including phenoxy) is 1. The molecule has 2 aromatic rings. The Kier molecular flexibility index (Phi) is 4.67. The monoisotopic (exact) mass is 307 g/mol. The molecule has 0 N–H and O–H groups in total. The summed E-state index contributed by atoms with van der Waals surface area (Å²) in [6.07, 6.45) is 3.59. The van der Waals surface area contributed by atoms with E-state index in [1.165, 1.54) is 22.8 Å². The maximum atomic E-state index is 5.95. The Morgan fingerprint density at radius 1 is 1.33 bits per heavy atom. The molecule has 1 aliphatic heterocycles. The number of hydrogen-bond acceptors (Lipinski definition) is 6. The lowest BCUT2D eigenvalue weighted by molar-refractivity contribution is 0.000909. The van der Waals surface area contributed by atoms with Crippen LogP contribution in [0.4, 0.5) is 0 Å². The maximum Gasteiger partial charge on any atom is 0.133 e. The SMILES string of the molecule is Cc1nnsc1CN(C)Cc1ccc([C@@H]2CCCCO2)o1. The Morgan fingerprint density at radius 3 is 2.95 bits per heavy atom. The van der Waals surface area contributed by atoms with Gasteiger partial charge in [-0.2, -0.15) is 0 Å². The van der Waals surface area contributed by atoms with E-state index in [2.05, 4.69) is 33.7 Å². The molecule has 0 unspecified atom stereocenters. The Hall–Kier alpha value is -1.24. The van der Waals surface area contributed by atoms with E-state index in [4.69, 9.17) is 9.15 Å². The first-order valence-electron chi connectivity index (χ1n) is 7.39. The van der Waals surface area contributed by atoms with Gasteiger partial charge in [-0.05, 0) is 56.9 Å². The van der Waals surface area contributed by atoms with Crippen LogP contribution in [-0.4, -0.2) is 28.1 Å². The molecular formula is C15H21N3O2S. The Bertz CT molecular complexity index is 575. The summed E-state index contributed by atoms with van der Waals surface area (Å²) in [5.74, 6) is 1.95. The molecule has 0 saturated carbocycles. The molecule has 2 aromatic heterocycles. The predicted molar refractivity (Wildman–Crippen MR) is 81.1 cm³/mol. The second-order valence-corrected chi connectivity index (χ2v) is 6.45. The van der Waals surface area contributed by atoms with Gasteiger partial charge in [0.05, 0.1) is 17.1 Å². The first-order chi connectivity index (χ1) is 10.2. The van der Waals surface area contributed by atoms with Crippen LogP contribution in [0.3, 0.4) is 0 Å². The van der Waals surface area contributed by atoms with Crippen LogP contribution in [0, 0.1) is 6.92 Å².